The molecule has 0 saturated carbocycles. The molecule has 0 aliphatic rings. The molecule has 20 heavy (non-hydrogen) atoms. The molecule has 0 bridgehead atoms. The fourth-order valence-corrected chi connectivity index (χ4v) is 2.63. The van der Waals surface area contributed by atoms with Gasteiger partial charge in [0.15, 0.2) is 0 Å². The van der Waals surface area contributed by atoms with Gasteiger partial charge in [0.25, 0.3) is 0 Å². The van der Waals surface area contributed by atoms with Crippen molar-refractivity contribution in [2.75, 3.05) is 13.7 Å². The second-order valence-electron chi connectivity index (χ2n) is 6.55. The lowest BCUT2D eigenvalue weighted by Gasteiger charge is -2.20. The van der Waals surface area contributed by atoms with Crippen LogP contribution in [0.1, 0.15) is 37.6 Å². The minimum absolute atomic E-state index is 0.160. The zero-order valence-electron chi connectivity index (χ0n) is 13.5. The van der Waals surface area contributed by atoms with Crippen molar-refractivity contribution in [3.05, 3.63) is 29.0 Å². The highest BCUT2D eigenvalue weighted by Crippen LogP contribution is 2.31. The maximum Gasteiger partial charge on any atom is 0.143 e. The maximum absolute atomic E-state index is 5.49. The van der Waals surface area contributed by atoms with Gasteiger partial charge < -0.3 is 15.0 Å². The fraction of sp³-hybridized carbons (Fsp3) is 0.529. The van der Waals surface area contributed by atoms with Crippen LogP contribution < -0.4 is 10.1 Å². The molecule has 0 radical (unpaired) electrons. The Balaban J connectivity index is 2.33. The van der Waals surface area contributed by atoms with E-state index in [2.05, 4.69) is 57.1 Å². The topological polar surface area (TPSA) is 37.0 Å². The molecule has 3 heteroatoms. The molecule has 0 saturated heterocycles. The molecule has 0 amide bonds. The molecule has 0 spiro atoms. The molecule has 0 aliphatic heterocycles. The van der Waals surface area contributed by atoms with E-state index in [-0.39, 0.29) is 5.54 Å². The van der Waals surface area contributed by atoms with E-state index in [1.807, 2.05) is 0 Å². The summed E-state index contributed by atoms with van der Waals surface area (Å²) in [5.74, 6) is 0.929. The predicted molar refractivity (Wildman–Crippen MR) is 85.8 cm³/mol. The van der Waals surface area contributed by atoms with Gasteiger partial charge in [-0.3, -0.25) is 0 Å². The number of methoxy groups -OCH3 is 1. The van der Waals surface area contributed by atoms with Gasteiger partial charge in [0.2, 0.25) is 0 Å². The Bertz CT molecular complexity index is 605. The maximum atomic E-state index is 5.49. The molecule has 3 nitrogen and oxygen atoms in total. The summed E-state index contributed by atoms with van der Waals surface area (Å²) < 4.78 is 5.49. The van der Waals surface area contributed by atoms with E-state index in [9.17, 15) is 0 Å². The molecule has 0 atom stereocenters. The third-order valence-electron chi connectivity index (χ3n) is 3.59. The van der Waals surface area contributed by atoms with Crippen LogP contribution in [0.2, 0.25) is 0 Å². The zero-order valence-corrected chi connectivity index (χ0v) is 13.5. The number of rotatable bonds is 4. The molecule has 2 rings (SSSR count). The summed E-state index contributed by atoms with van der Waals surface area (Å²) in [6, 6.07) is 4.32. The number of aromatic amines is 1. The number of benzene rings is 1. The quantitative estimate of drug-likeness (QED) is 0.891. The van der Waals surface area contributed by atoms with Crippen molar-refractivity contribution in [1.82, 2.24) is 10.3 Å². The lowest BCUT2D eigenvalue weighted by atomic mass is 10.0. The first kappa shape index (κ1) is 14.9. The Morgan fingerprint density at radius 1 is 1.20 bits per heavy atom. The van der Waals surface area contributed by atoms with Crippen molar-refractivity contribution in [2.45, 2.75) is 46.6 Å². The minimum Gasteiger partial charge on any atom is -0.495 e. The second kappa shape index (κ2) is 5.49. The molecule has 2 aromatic rings. The molecule has 1 aromatic carbocycles. The summed E-state index contributed by atoms with van der Waals surface area (Å²) in [6.45, 7) is 11.8. The summed E-state index contributed by atoms with van der Waals surface area (Å²) in [4.78, 5) is 3.47. The van der Waals surface area contributed by atoms with E-state index in [0.717, 1.165) is 24.2 Å². The highest BCUT2D eigenvalue weighted by atomic mass is 16.5. The normalized spacial score (nSPS) is 12.1. The second-order valence-corrected chi connectivity index (χ2v) is 6.55. The summed E-state index contributed by atoms with van der Waals surface area (Å²) in [7, 11) is 1.73. The number of aromatic nitrogens is 1. The molecular formula is C17H26N2O. The Hall–Kier alpha value is -1.48. The van der Waals surface area contributed by atoms with Crippen molar-refractivity contribution in [3.63, 3.8) is 0 Å². The standard InChI is InChI=1S/C17H26N2O/c1-11-9-14-13(7-8-18-17(3,4)5)12(2)19-16(14)15(10-11)20-6/h9-10,18-19H,7-8H2,1-6H3. The van der Waals surface area contributed by atoms with Gasteiger partial charge in [0.05, 0.1) is 12.6 Å². The lowest BCUT2D eigenvalue weighted by molar-refractivity contribution is 0.418. The van der Waals surface area contributed by atoms with Crippen LogP contribution in [0.15, 0.2) is 12.1 Å². The van der Waals surface area contributed by atoms with E-state index in [1.54, 1.807) is 7.11 Å². The molecule has 110 valence electrons. The number of aryl methyl sites for hydroxylation is 2. The number of ether oxygens (including phenoxy) is 1. The van der Waals surface area contributed by atoms with E-state index in [0.29, 0.717) is 0 Å². The van der Waals surface area contributed by atoms with Gasteiger partial charge >= 0.3 is 0 Å². The summed E-state index contributed by atoms with van der Waals surface area (Å²) in [6.07, 6.45) is 1.02. The Labute approximate surface area is 121 Å². The minimum atomic E-state index is 0.160. The third-order valence-corrected chi connectivity index (χ3v) is 3.59. The van der Waals surface area contributed by atoms with Crippen LogP contribution in [0.5, 0.6) is 5.75 Å². The van der Waals surface area contributed by atoms with E-state index in [1.165, 1.54) is 22.2 Å². The lowest BCUT2D eigenvalue weighted by Crippen LogP contribution is -2.37. The molecule has 0 fully saturated rings. The summed E-state index contributed by atoms with van der Waals surface area (Å²) in [5, 5.41) is 4.84. The smallest absolute Gasteiger partial charge is 0.143 e. The number of H-pyrrole nitrogens is 1. The van der Waals surface area contributed by atoms with E-state index >= 15 is 0 Å². The first-order valence-corrected chi connectivity index (χ1v) is 7.22. The van der Waals surface area contributed by atoms with Gasteiger partial charge in [-0.15, -0.1) is 0 Å². The fourth-order valence-electron chi connectivity index (χ4n) is 2.63. The van der Waals surface area contributed by atoms with Gasteiger partial charge in [-0.1, -0.05) is 0 Å². The van der Waals surface area contributed by atoms with Crippen LogP contribution in [0.3, 0.4) is 0 Å². The Kier molecular flexibility index (Phi) is 4.09. The number of hydrogen-bond acceptors (Lipinski definition) is 2. The molecule has 0 aliphatic carbocycles. The van der Waals surface area contributed by atoms with Gasteiger partial charge in [0.1, 0.15) is 5.75 Å². The number of hydrogen-bond donors (Lipinski definition) is 2. The Morgan fingerprint density at radius 2 is 1.90 bits per heavy atom. The van der Waals surface area contributed by atoms with E-state index < -0.39 is 0 Å². The van der Waals surface area contributed by atoms with Crippen LogP contribution in [0, 0.1) is 13.8 Å². The van der Waals surface area contributed by atoms with Crippen molar-refractivity contribution in [2.24, 2.45) is 0 Å². The third kappa shape index (κ3) is 3.15. The first-order chi connectivity index (χ1) is 9.31. The van der Waals surface area contributed by atoms with Crippen molar-refractivity contribution >= 4 is 10.9 Å². The van der Waals surface area contributed by atoms with Gasteiger partial charge in [-0.25, -0.2) is 0 Å². The summed E-state index contributed by atoms with van der Waals surface area (Å²) >= 11 is 0. The summed E-state index contributed by atoms with van der Waals surface area (Å²) in [5.41, 5.74) is 5.13. The van der Waals surface area contributed by atoms with Crippen LogP contribution in [0.4, 0.5) is 0 Å². The Morgan fingerprint density at radius 3 is 2.50 bits per heavy atom. The van der Waals surface area contributed by atoms with Crippen molar-refractivity contribution in [3.8, 4) is 5.75 Å². The number of fused-ring (bicyclic) bond motifs is 1. The van der Waals surface area contributed by atoms with Crippen molar-refractivity contribution in [1.29, 1.82) is 0 Å². The van der Waals surface area contributed by atoms with Gasteiger partial charge in [-0.2, -0.15) is 0 Å². The molecule has 1 aromatic heterocycles. The SMILES string of the molecule is COc1cc(C)cc2c(CCNC(C)(C)C)c(C)[nH]c12. The van der Waals surface area contributed by atoms with Crippen LogP contribution in [0.25, 0.3) is 10.9 Å². The van der Waals surface area contributed by atoms with E-state index in [4.69, 9.17) is 4.74 Å². The zero-order chi connectivity index (χ0) is 14.9. The molecular weight excluding hydrogens is 248 g/mol. The largest absolute Gasteiger partial charge is 0.495 e. The highest BCUT2D eigenvalue weighted by Gasteiger charge is 2.14. The average Bonchev–Trinajstić information content (AvgIpc) is 2.64. The molecule has 2 N–H and O–H groups in total. The highest BCUT2D eigenvalue weighted by molar-refractivity contribution is 5.90. The number of nitrogens with one attached hydrogen (secondary N) is 2. The van der Waals surface area contributed by atoms with Crippen molar-refractivity contribution < 1.29 is 4.74 Å². The molecule has 1 heterocycles. The van der Waals surface area contributed by atoms with Gasteiger partial charge in [-0.05, 0) is 70.8 Å². The van der Waals surface area contributed by atoms with Crippen LogP contribution in [-0.2, 0) is 6.42 Å². The van der Waals surface area contributed by atoms with Gasteiger partial charge in [0, 0.05) is 16.6 Å². The van der Waals surface area contributed by atoms with Crippen LogP contribution >= 0.6 is 0 Å². The average molecular weight is 274 g/mol. The van der Waals surface area contributed by atoms with Crippen LogP contribution in [-0.4, -0.2) is 24.2 Å². The monoisotopic (exact) mass is 274 g/mol. The molecule has 0 unspecified atom stereocenters. The first-order valence-electron chi connectivity index (χ1n) is 7.22. The predicted octanol–water partition coefficient (Wildman–Crippen LogP) is 3.72.